The summed E-state index contributed by atoms with van der Waals surface area (Å²) in [5.74, 6) is 1.72. The molecule has 1 aromatic carbocycles. The SMILES string of the molecule is CC(C)COc1ccc(C(C)NC(C)C(C)CO)cc1. The molecule has 1 rings (SSSR count). The van der Waals surface area contributed by atoms with Crippen molar-refractivity contribution in [3.63, 3.8) is 0 Å². The normalized spacial score (nSPS) is 15.9. The van der Waals surface area contributed by atoms with Gasteiger partial charge in [-0.05, 0) is 43.4 Å². The number of benzene rings is 1. The van der Waals surface area contributed by atoms with Crippen LogP contribution in [0.15, 0.2) is 24.3 Å². The third kappa shape index (κ3) is 5.51. The second kappa shape index (κ2) is 8.28. The van der Waals surface area contributed by atoms with E-state index in [1.54, 1.807) is 0 Å². The molecule has 0 aromatic heterocycles. The van der Waals surface area contributed by atoms with Crippen molar-refractivity contribution in [1.82, 2.24) is 5.32 Å². The molecule has 20 heavy (non-hydrogen) atoms. The van der Waals surface area contributed by atoms with Gasteiger partial charge in [0, 0.05) is 18.7 Å². The molecule has 0 heterocycles. The minimum Gasteiger partial charge on any atom is -0.493 e. The predicted molar refractivity (Wildman–Crippen MR) is 84.0 cm³/mol. The first-order valence-electron chi connectivity index (χ1n) is 7.53. The summed E-state index contributed by atoms with van der Waals surface area (Å²) in [6, 6.07) is 8.80. The van der Waals surface area contributed by atoms with Gasteiger partial charge in [0.2, 0.25) is 0 Å². The standard InChI is InChI=1S/C17H29NO2/c1-12(2)11-20-17-8-6-16(7-9-17)15(5)18-14(4)13(3)10-19/h6-9,12-15,18-19H,10-11H2,1-5H3. The van der Waals surface area contributed by atoms with Crippen molar-refractivity contribution in [3.05, 3.63) is 29.8 Å². The Hall–Kier alpha value is -1.06. The van der Waals surface area contributed by atoms with Gasteiger partial charge in [0.15, 0.2) is 0 Å². The zero-order valence-corrected chi connectivity index (χ0v) is 13.4. The quantitative estimate of drug-likeness (QED) is 0.766. The van der Waals surface area contributed by atoms with Crippen molar-refractivity contribution in [2.45, 2.75) is 46.7 Å². The molecule has 114 valence electrons. The van der Waals surface area contributed by atoms with E-state index < -0.39 is 0 Å². The first-order valence-corrected chi connectivity index (χ1v) is 7.53. The topological polar surface area (TPSA) is 41.5 Å². The molecule has 2 N–H and O–H groups in total. The Balaban J connectivity index is 2.54. The Morgan fingerprint density at radius 1 is 1.05 bits per heavy atom. The Bertz CT molecular complexity index is 375. The van der Waals surface area contributed by atoms with Gasteiger partial charge in [-0.1, -0.05) is 32.9 Å². The summed E-state index contributed by atoms with van der Waals surface area (Å²) in [6.45, 7) is 11.5. The molecule has 3 atom stereocenters. The van der Waals surface area contributed by atoms with Crippen LogP contribution in [0.25, 0.3) is 0 Å². The minimum absolute atomic E-state index is 0.211. The van der Waals surface area contributed by atoms with Gasteiger partial charge in [-0.25, -0.2) is 0 Å². The van der Waals surface area contributed by atoms with Crippen molar-refractivity contribution in [2.75, 3.05) is 13.2 Å². The van der Waals surface area contributed by atoms with Crippen LogP contribution in [0.2, 0.25) is 0 Å². The molecule has 1 aromatic rings. The highest BCUT2D eigenvalue weighted by Gasteiger charge is 2.14. The highest BCUT2D eigenvalue weighted by Crippen LogP contribution is 2.19. The fourth-order valence-electron chi connectivity index (χ4n) is 1.93. The Morgan fingerprint density at radius 2 is 1.65 bits per heavy atom. The summed E-state index contributed by atoms with van der Waals surface area (Å²) >= 11 is 0. The van der Waals surface area contributed by atoms with E-state index in [0.717, 1.165) is 12.4 Å². The van der Waals surface area contributed by atoms with E-state index in [0.29, 0.717) is 5.92 Å². The first-order chi connectivity index (χ1) is 9.43. The van der Waals surface area contributed by atoms with Crippen molar-refractivity contribution in [3.8, 4) is 5.75 Å². The molecule has 0 aliphatic carbocycles. The maximum absolute atomic E-state index is 9.17. The molecule has 3 nitrogen and oxygen atoms in total. The Kier molecular flexibility index (Phi) is 7.03. The summed E-state index contributed by atoms with van der Waals surface area (Å²) in [7, 11) is 0. The number of hydrogen-bond donors (Lipinski definition) is 2. The number of aliphatic hydroxyl groups is 1. The van der Waals surface area contributed by atoms with Crippen LogP contribution in [0.1, 0.15) is 46.2 Å². The van der Waals surface area contributed by atoms with Crippen LogP contribution >= 0.6 is 0 Å². The van der Waals surface area contributed by atoms with Crippen LogP contribution in [-0.2, 0) is 0 Å². The van der Waals surface area contributed by atoms with E-state index >= 15 is 0 Å². The van der Waals surface area contributed by atoms with Gasteiger partial charge in [-0.3, -0.25) is 0 Å². The highest BCUT2D eigenvalue weighted by molar-refractivity contribution is 5.29. The molecule has 3 unspecified atom stereocenters. The lowest BCUT2D eigenvalue weighted by Gasteiger charge is -2.24. The lowest BCUT2D eigenvalue weighted by molar-refractivity contribution is 0.202. The van der Waals surface area contributed by atoms with Crippen molar-refractivity contribution >= 4 is 0 Å². The summed E-state index contributed by atoms with van der Waals surface area (Å²) < 4.78 is 5.69. The van der Waals surface area contributed by atoms with Crippen LogP contribution in [0, 0.1) is 11.8 Å². The maximum Gasteiger partial charge on any atom is 0.119 e. The van der Waals surface area contributed by atoms with E-state index in [-0.39, 0.29) is 24.6 Å². The third-order valence-electron chi connectivity index (χ3n) is 3.62. The molecule has 0 saturated heterocycles. The molecule has 0 fully saturated rings. The molecule has 0 spiro atoms. The summed E-state index contributed by atoms with van der Waals surface area (Å²) in [6.07, 6.45) is 0. The van der Waals surface area contributed by atoms with Gasteiger partial charge in [-0.15, -0.1) is 0 Å². The number of nitrogens with one attached hydrogen (secondary N) is 1. The molecule has 0 radical (unpaired) electrons. The van der Waals surface area contributed by atoms with Gasteiger partial charge in [-0.2, -0.15) is 0 Å². The van der Waals surface area contributed by atoms with Gasteiger partial charge in [0.25, 0.3) is 0 Å². The fraction of sp³-hybridized carbons (Fsp3) is 0.647. The molecule has 0 saturated carbocycles. The zero-order chi connectivity index (χ0) is 15.1. The van der Waals surface area contributed by atoms with E-state index in [1.807, 2.05) is 19.1 Å². The second-order valence-electron chi connectivity index (χ2n) is 6.11. The van der Waals surface area contributed by atoms with Crippen LogP contribution in [0.4, 0.5) is 0 Å². The van der Waals surface area contributed by atoms with Gasteiger partial charge in [0.1, 0.15) is 5.75 Å². The molecular formula is C17H29NO2. The number of hydrogen-bond acceptors (Lipinski definition) is 3. The predicted octanol–water partition coefficient (Wildman–Crippen LogP) is 3.39. The van der Waals surface area contributed by atoms with Crippen LogP contribution in [0.5, 0.6) is 5.75 Å². The van der Waals surface area contributed by atoms with Crippen LogP contribution in [0.3, 0.4) is 0 Å². The molecule has 0 bridgehead atoms. The number of aliphatic hydroxyl groups excluding tert-OH is 1. The van der Waals surface area contributed by atoms with Gasteiger partial charge >= 0.3 is 0 Å². The first kappa shape index (κ1) is 17.0. The lowest BCUT2D eigenvalue weighted by atomic mass is 10.0. The van der Waals surface area contributed by atoms with Gasteiger partial charge < -0.3 is 15.2 Å². The van der Waals surface area contributed by atoms with E-state index in [9.17, 15) is 5.11 Å². The summed E-state index contributed by atoms with van der Waals surface area (Å²) in [4.78, 5) is 0. The smallest absolute Gasteiger partial charge is 0.119 e. The molecule has 0 aliphatic heterocycles. The van der Waals surface area contributed by atoms with E-state index in [4.69, 9.17) is 4.74 Å². The van der Waals surface area contributed by atoms with Crippen molar-refractivity contribution in [2.24, 2.45) is 11.8 Å². The van der Waals surface area contributed by atoms with Gasteiger partial charge in [0.05, 0.1) is 6.61 Å². The highest BCUT2D eigenvalue weighted by atomic mass is 16.5. The lowest BCUT2D eigenvalue weighted by Crippen LogP contribution is -2.35. The monoisotopic (exact) mass is 279 g/mol. The molecule has 0 amide bonds. The average Bonchev–Trinajstić information content (AvgIpc) is 2.44. The second-order valence-corrected chi connectivity index (χ2v) is 6.11. The molecule has 0 aliphatic rings. The van der Waals surface area contributed by atoms with Crippen LogP contribution in [-0.4, -0.2) is 24.4 Å². The Morgan fingerprint density at radius 3 is 2.15 bits per heavy atom. The van der Waals surface area contributed by atoms with Crippen molar-refractivity contribution in [1.29, 1.82) is 0 Å². The molecular weight excluding hydrogens is 250 g/mol. The fourth-order valence-corrected chi connectivity index (χ4v) is 1.93. The minimum atomic E-state index is 0.211. The summed E-state index contributed by atoms with van der Waals surface area (Å²) in [5.41, 5.74) is 1.24. The van der Waals surface area contributed by atoms with E-state index in [1.165, 1.54) is 5.56 Å². The third-order valence-corrected chi connectivity index (χ3v) is 3.62. The molecule has 3 heteroatoms. The largest absolute Gasteiger partial charge is 0.493 e. The number of ether oxygens (including phenoxy) is 1. The van der Waals surface area contributed by atoms with Crippen molar-refractivity contribution < 1.29 is 9.84 Å². The van der Waals surface area contributed by atoms with Crippen LogP contribution < -0.4 is 10.1 Å². The maximum atomic E-state index is 9.17. The number of rotatable bonds is 8. The summed E-state index contributed by atoms with van der Waals surface area (Å²) in [5, 5.41) is 12.7. The average molecular weight is 279 g/mol. The Labute approximate surface area is 123 Å². The zero-order valence-electron chi connectivity index (χ0n) is 13.4. The van der Waals surface area contributed by atoms with E-state index in [2.05, 4.69) is 45.1 Å².